The second-order valence-electron chi connectivity index (χ2n) is 7.18. The fourth-order valence-corrected chi connectivity index (χ4v) is 1.51. The first kappa shape index (κ1) is 22.8. The molecule has 144 valence electrons. The molecule has 0 atom stereocenters. The van der Waals surface area contributed by atoms with E-state index in [-0.39, 0.29) is 18.8 Å². The molecule has 0 aliphatic heterocycles. The summed E-state index contributed by atoms with van der Waals surface area (Å²) in [5.74, 6) is -0.675. The van der Waals surface area contributed by atoms with Gasteiger partial charge in [-0.2, -0.15) is 0 Å². The van der Waals surface area contributed by atoms with Crippen molar-refractivity contribution >= 4 is 18.2 Å². The zero-order chi connectivity index (χ0) is 19.7. The highest BCUT2D eigenvalue weighted by Gasteiger charge is 2.20. The third-order valence-electron chi connectivity index (χ3n) is 2.29. The Kier molecular flexibility index (Phi) is 9.01. The number of carbonyl (C=O) groups is 3. The first-order valence-corrected chi connectivity index (χ1v) is 8.18. The van der Waals surface area contributed by atoms with Crippen molar-refractivity contribution in [3.05, 3.63) is 11.8 Å². The summed E-state index contributed by atoms with van der Waals surface area (Å²) in [6, 6.07) is 0. The molecule has 2 N–H and O–H groups in total. The standard InChI is InChI=1S/C17H30N2O6/c1-8-23-13(20)12(19-15(22)25-17(5,6)7)10-9-11-18-14(21)24-16(2,3)4/h10H,8-9,11H2,1-7H3,(H,18,21)(H,19,22)/b12-10+. The average molecular weight is 358 g/mol. The van der Waals surface area contributed by atoms with Crippen molar-refractivity contribution in [1.29, 1.82) is 0 Å². The maximum atomic E-state index is 11.9. The van der Waals surface area contributed by atoms with Crippen LogP contribution in [0.5, 0.6) is 0 Å². The van der Waals surface area contributed by atoms with Gasteiger partial charge in [-0.1, -0.05) is 6.08 Å². The van der Waals surface area contributed by atoms with Crippen LogP contribution in [0.15, 0.2) is 11.8 Å². The van der Waals surface area contributed by atoms with E-state index in [0.717, 1.165) is 0 Å². The topological polar surface area (TPSA) is 103 Å². The Morgan fingerprint density at radius 1 is 0.920 bits per heavy atom. The molecule has 0 aliphatic carbocycles. The van der Waals surface area contributed by atoms with Gasteiger partial charge in [-0.15, -0.1) is 0 Å². The lowest BCUT2D eigenvalue weighted by atomic mass is 10.2. The number of alkyl carbamates (subject to hydrolysis) is 2. The molecule has 0 unspecified atom stereocenters. The lowest BCUT2D eigenvalue weighted by Crippen LogP contribution is -2.35. The summed E-state index contributed by atoms with van der Waals surface area (Å²) >= 11 is 0. The fourth-order valence-electron chi connectivity index (χ4n) is 1.51. The van der Waals surface area contributed by atoms with E-state index < -0.39 is 29.4 Å². The minimum atomic E-state index is -0.757. The second-order valence-corrected chi connectivity index (χ2v) is 7.18. The molecular weight excluding hydrogens is 328 g/mol. The van der Waals surface area contributed by atoms with E-state index in [1.165, 1.54) is 6.08 Å². The first-order valence-electron chi connectivity index (χ1n) is 8.18. The van der Waals surface area contributed by atoms with Crippen LogP contribution in [0.3, 0.4) is 0 Å². The van der Waals surface area contributed by atoms with Crippen molar-refractivity contribution in [1.82, 2.24) is 10.6 Å². The minimum Gasteiger partial charge on any atom is -0.461 e. The van der Waals surface area contributed by atoms with Crippen LogP contribution in [0, 0.1) is 0 Å². The Bertz CT molecular complexity index is 500. The van der Waals surface area contributed by atoms with Crippen LogP contribution in [0.1, 0.15) is 54.9 Å². The molecule has 0 rings (SSSR count). The summed E-state index contributed by atoms with van der Waals surface area (Å²) in [4.78, 5) is 35.2. The predicted molar refractivity (Wildman–Crippen MR) is 92.9 cm³/mol. The zero-order valence-corrected chi connectivity index (χ0v) is 16.1. The fraction of sp³-hybridized carbons (Fsp3) is 0.706. The molecule has 2 amide bonds. The van der Waals surface area contributed by atoms with Gasteiger partial charge in [-0.25, -0.2) is 14.4 Å². The molecule has 0 fully saturated rings. The smallest absolute Gasteiger partial charge is 0.412 e. The van der Waals surface area contributed by atoms with Crippen LogP contribution in [0.4, 0.5) is 9.59 Å². The number of hydrogen-bond acceptors (Lipinski definition) is 6. The molecule has 0 radical (unpaired) electrons. The van der Waals surface area contributed by atoms with Crippen LogP contribution in [0.25, 0.3) is 0 Å². The molecule has 0 aromatic heterocycles. The van der Waals surface area contributed by atoms with Crippen molar-refractivity contribution in [3.63, 3.8) is 0 Å². The Labute approximate surface area is 149 Å². The molecule has 25 heavy (non-hydrogen) atoms. The van der Waals surface area contributed by atoms with E-state index >= 15 is 0 Å². The van der Waals surface area contributed by atoms with Gasteiger partial charge in [0.15, 0.2) is 0 Å². The average Bonchev–Trinajstić information content (AvgIpc) is 2.38. The van der Waals surface area contributed by atoms with Crippen molar-refractivity contribution in [2.45, 2.75) is 66.1 Å². The van der Waals surface area contributed by atoms with E-state index in [2.05, 4.69) is 10.6 Å². The Morgan fingerprint density at radius 2 is 1.44 bits per heavy atom. The number of amides is 2. The van der Waals surface area contributed by atoms with Crippen LogP contribution in [0.2, 0.25) is 0 Å². The number of esters is 1. The van der Waals surface area contributed by atoms with Gasteiger partial charge in [-0.3, -0.25) is 5.32 Å². The van der Waals surface area contributed by atoms with Gasteiger partial charge in [0.1, 0.15) is 16.9 Å². The highest BCUT2D eigenvalue weighted by atomic mass is 16.6. The highest BCUT2D eigenvalue weighted by Crippen LogP contribution is 2.08. The molecule has 8 heteroatoms. The third kappa shape index (κ3) is 12.8. The molecule has 0 aromatic rings. The third-order valence-corrected chi connectivity index (χ3v) is 2.29. The van der Waals surface area contributed by atoms with Gasteiger partial charge >= 0.3 is 18.2 Å². The van der Waals surface area contributed by atoms with E-state index in [1.807, 2.05) is 0 Å². The molecule has 0 heterocycles. The van der Waals surface area contributed by atoms with Gasteiger partial charge in [0.05, 0.1) is 6.61 Å². The SMILES string of the molecule is CCOC(=O)/C(=C\CCNC(=O)OC(C)(C)C)NC(=O)OC(C)(C)C. The monoisotopic (exact) mass is 358 g/mol. The molecule has 8 nitrogen and oxygen atoms in total. The summed E-state index contributed by atoms with van der Waals surface area (Å²) < 4.78 is 15.1. The lowest BCUT2D eigenvalue weighted by Gasteiger charge is -2.20. The van der Waals surface area contributed by atoms with Crippen LogP contribution in [-0.4, -0.2) is 42.5 Å². The highest BCUT2D eigenvalue weighted by molar-refractivity contribution is 5.92. The quantitative estimate of drug-likeness (QED) is 0.327. The van der Waals surface area contributed by atoms with Gasteiger partial charge in [0.2, 0.25) is 0 Å². The van der Waals surface area contributed by atoms with Gasteiger partial charge < -0.3 is 19.5 Å². The summed E-state index contributed by atoms with van der Waals surface area (Å²) in [7, 11) is 0. The van der Waals surface area contributed by atoms with Crippen LogP contribution in [-0.2, 0) is 19.0 Å². The van der Waals surface area contributed by atoms with Crippen molar-refractivity contribution < 1.29 is 28.6 Å². The Hall–Kier alpha value is -2.25. The first-order chi connectivity index (χ1) is 11.3. The largest absolute Gasteiger partial charge is 0.461 e. The normalized spacial score (nSPS) is 12.2. The predicted octanol–water partition coefficient (Wildman–Crippen LogP) is 2.87. The molecule has 0 bridgehead atoms. The van der Waals surface area contributed by atoms with Crippen molar-refractivity contribution in [3.8, 4) is 0 Å². The summed E-state index contributed by atoms with van der Waals surface area (Å²) in [5, 5.41) is 4.92. The van der Waals surface area contributed by atoms with E-state index in [9.17, 15) is 14.4 Å². The molecular formula is C17H30N2O6. The number of rotatable bonds is 6. The number of nitrogens with one attached hydrogen (secondary N) is 2. The Balaban J connectivity index is 4.67. The molecule has 0 aromatic carbocycles. The summed E-state index contributed by atoms with van der Waals surface area (Å²) in [6.45, 7) is 12.5. The van der Waals surface area contributed by atoms with Gasteiger partial charge in [0, 0.05) is 6.54 Å². The van der Waals surface area contributed by atoms with Crippen molar-refractivity contribution in [2.24, 2.45) is 0 Å². The molecule has 0 spiro atoms. The van der Waals surface area contributed by atoms with E-state index in [4.69, 9.17) is 14.2 Å². The summed E-state index contributed by atoms with van der Waals surface area (Å²) in [5.41, 5.74) is -1.32. The maximum absolute atomic E-state index is 11.9. The van der Waals surface area contributed by atoms with E-state index in [1.54, 1.807) is 48.5 Å². The molecule has 0 aliphatic rings. The van der Waals surface area contributed by atoms with E-state index in [0.29, 0.717) is 6.42 Å². The van der Waals surface area contributed by atoms with Crippen molar-refractivity contribution in [2.75, 3.05) is 13.2 Å². The molecule has 0 saturated heterocycles. The number of carbonyl (C=O) groups excluding carboxylic acids is 3. The second kappa shape index (κ2) is 9.90. The van der Waals surface area contributed by atoms with Crippen LogP contribution < -0.4 is 10.6 Å². The minimum absolute atomic E-state index is 0.0397. The van der Waals surface area contributed by atoms with Gasteiger partial charge in [0.25, 0.3) is 0 Å². The number of ether oxygens (including phenoxy) is 3. The number of hydrogen-bond donors (Lipinski definition) is 2. The lowest BCUT2D eigenvalue weighted by molar-refractivity contribution is -0.139. The zero-order valence-electron chi connectivity index (χ0n) is 16.1. The van der Waals surface area contributed by atoms with Crippen LogP contribution >= 0.6 is 0 Å². The maximum Gasteiger partial charge on any atom is 0.412 e. The molecule has 0 saturated carbocycles. The van der Waals surface area contributed by atoms with Gasteiger partial charge in [-0.05, 0) is 54.9 Å². The summed E-state index contributed by atoms with van der Waals surface area (Å²) in [6.07, 6.45) is 0.438. The Morgan fingerprint density at radius 3 is 1.92 bits per heavy atom.